The molecule has 20 heavy (non-hydrogen) atoms. The minimum atomic E-state index is -0.218. The number of nitrogens with one attached hydrogen (secondary N) is 1. The van der Waals surface area contributed by atoms with Crippen LogP contribution in [0.4, 0.5) is 0 Å². The fraction of sp³-hybridized carbons (Fsp3) is 0.625. The van der Waals surface area contributed by atoms with Gasteiger partial charge in [0.05, 0.1) is 0 Å². The number of nitrogens with zero attached hydrogens (tertiary/aromatic N) is 1. The molecule has 1 amide bonds. The fourth-order valence-electron chi connectivity index (χ4n) is 3.40. The second kappa shape index (κ2) is 5.81. The summed E-state index contributed by atoms with van der Waals surface area (Å²) in [6.07, 6.45) is 8.16. The molecule has 2 heterocycles. The van der Waals surface area contributed by atoms with Gasteiger partial charge in [0, 0.05) is 18.8 Å². The smallest absolute Gasteiger partial charge is 0.261 e. The fourth-order valence-corrected chi connectivity index (χ4v) is 3.40. The lowest BCUT2D eigenvalue weighted by Crippen LogP contribution is -2.32. The van der Waals surface area contributed by atoms with Crippen molar-refractivity contribution in [2.24, 2.45) is 0 Å². The van der Waals surface area contributed by atoms with Gasteiger partial charge in [-0.3, -0.25) is 9.59 Å². The maximum absolute atomic E-state index is 12.3. The Hall–Kier alpha value is -1.58. The number of aromatic amines is 1. The Morgan fingerprint density at radius 3 is 2.40 bits per heavy atom. The lowest BCUT2D eigenvalue weighted by molar-refractivity contribution is 0.0791. The van der Waals surface area contributed by atoms with Crippen molar-refractivity contribution in [1.82, 2.24) is 9.88 Å². The monoisotopic (exact) mass is 274 g/mol. The number of hydrogen-bond acceptors (Lipinski definition) is 2. The molecule has 1 aliphatic heterocycles. The molecule has 0 aromatic carbocycles. The topological polar surface area (TPSA) is 53.2 Å². The van der Waals surface area contributed by atoms with E-state index in [9.17, 15) is 9.59 Å². The number of amides is 1. The highest BCUT2D eigenvalue weighted by atomic mass is 16.2. The van der Waals surface area contributed by atoms with Crippen LogP contribution in [-0.2, 0) is 0 Å². The Kier molecular flexibility index (Phi) is 3.90. The van der Waals surface area contributed by atoms with E-state index in [1.165, 1.54) is 19.3 Å². The van der Waals surface area contributed by atoms with E-state index in [0.29, 0.717) is 11.5 Å². The molecular formula is C16H22N2O2. The Bertz CT molecular complexity index is 538. The van der Waals surface area contributed by atoms with Crippen molar-refractivity contribution in [3.05, 3.63) is 33.7 Å². The molecule has 0 bridgehead atoms. The zero-order valence-electron chi connectivity index (χ0n) is 11.9. The van der Waals surface area contributed by atoms with Crippen LogP contribution < -0.4 is 5.56 Å². The van der Waals surface area contributed by atoms with E-state index >= 15 is 0 Å². The van der Waals surface area contributed by atoms with Crippen molar-refractivity contribution in [1.29, 1.82) is 0 Å². The number of hydrogen-bond donors (Lipinski definition) is 1. The molecule has 1 saturated carbocycles. The molecule has 108 valence electrons. The lowest BCUT2D eigenvalue weighted by atomic mass is 9.86. The number of carbonyl (C=O) groups excluding carboxylic acids is 1. The summed E-state index contributed by atoms with van der Waals surface area (Å²) >= 11 is 0. The highest BCUT2D eigenvalue weighted by Crippen LogP contribution is 2.31. The minimum absolute atomic E-state index is 0.112. The molecule has 1 aromatic heterocycles. The molecule has 4 nitrogen and oxygen atoms in total. The number of H-pyrrole nitrogens is 1. The molecule has 0 atom stereocenters. The highest BCUT2D eigenvalue weighted by molar-refractivity contribution is 5.94. The van der Waals surface area contributed by atoms with Gasteiger partial charge in [-0.25, -0.2) is 0 Å². The summed E-state index contributed by atoms with van der Waals surface area (Å²) in [4.78, 5) is 29.2. The molecule has 1 N–H and O–H groups in total. The average molecular weight is 274 g/mol. The van der Waals surface area contributed by atoms with Crippen LogP contribution in [0.1, 0.15) is 66.9 Å². The van der Waals surface area contributed by atoms with E-state index in [1.807, 2.05) is 6.07 Å². The van der Waals surface area contributed by atoms with Crippen molar-refractivity contribution >= 4 is 5.91 Å². The molecule has 3 rings (SSSR count). The Labute approximate surface area is 119 Å². The van der Waals surface area contributed by atoms with Gasteiger partial charge in [-0.1, -0.05) is 19.3 Å². The maximum Gasteiger partial charge on any atom is 0.261 e. The summed E-state index contributed by atoms with van der Waals surface area (Å²) in [6.45, 7) is 1.56. The Morgan fingerprint density at radius 1 is 1.05 bits per heavy atom. The van der Waals surface area contributed by atoms with Crippen LogP contribution in [0.5, 0.6) is 0 Å². The third-order valence-corrected chi connectivity index (χ3v) is 4.60. The molecule has 0 radical (unpaired) electrons. The van der Waals surface area contributed by atoms with Gasteiger partial charge in [-0.15, -0.1) is 0 Å². The normalized spacial score (nSPS) is 20.3. The summed E-state index contributed by atoms with van der Waals surface area (Å²) in [7, 11) is 0. The van der Waals surface area contributed by atoms with Crippen molar-refractivity contribution in [2.75, 3.05) is 13.1 Å². The van der Waals surface area contributed by atoms with Crippen molar-refractivity contribution in [2.45, 2.75) is 50.9 Å². The molecule has 1 aromatic rings. The van der Waals surface area contributed by atoms with Crippen LogP contribution in [0.25, 0.3) is 0 Å². The second-order valence-corrected chi connectivity index (χ2v) is 5.99. The Balaban J connectivity index is 1.80. The van der Waals surface area contributed by atoms with Crippen molar-refractivity contribution < 1.29 is 4.79 Å². The first-order valence-electron chi connectivity index (χ1n) is 7.78. The van der Waals surface area contributed by atoms with Crippen LogP contribution in [-0.4, -0.2) is 28.9 Å². The summed E-state index contributed by atoms with van der Waals surface area (Å²) in [5.74, 6) is 0.353. The van der Waals surface area contributed by atoms with Crippen LogP contribution in [0.2, 0.25) is 0 Å². The van der Waals surface area contributed by atoms with E-state index in [1.54, 1.807) is 11.0 Å². The molecule has 2 aliphatic rings. The molecule has 0 unspecified atom stereocenters. The second-order valence-electron chi connectivity index (χ2n) is 5.99. The van der Waals surface area contributed by atoms with Crippen molar-refractivity contribution in [3.8, 4) is 0 Å². The summed E-state index contributed by atoms with van der Waals surface area (Å²) in [5.41, 5.74) is 1.09. The SMILES string of the molecule is O=C(c1ccc(C2CCCCC2)[nH]c1=O)N1CCCC1. The quantitative estimate of drug-likeness (QED) is 0.901. The molecule has 2 fully saturated rings. The van der Waals surface area contributed by atoms with E-state index < -0.39 is 0 Å². The standard InChI is InChI=1S/C16H22N2O2/c19-15-13(16(20)18-10-4-5-11-18)8-9-14(17-15)12-6-2-1-3-7-12/h8-9,12H,1-7,10-11H2,(H,17,19). The summed E-state index contributed by atoms with van der Waals surface area (Å²) in [5, 5.41) is 0. The number of likely N-dealkylation sites (tertiary alicyclic amines) is 1. The predicted octanol–water partition coefficient (Wildman–Crippen LogP) is 2.66. The maximum atomic E-state index is 12.3. The van der Waals surface area contributed by atoms with Gasteiger partial charge in [0.25, 0.3) is 11.5 Å². The predicted molar refractivity (Wildman–Crippen MR) is 78.0 cm³/mol. The van der Waals surface area contributed by atoms with Gasteiger partial charge < -0.3 is 9.88 Å². The number of rotatable bonds is 2. The summed E-state index contributed by atoms with van der Waals surface area (Å²) < 4.78 is 0. The Morgan fingerprint density at radius 2 is 1.75 bits per heavy atom. The van der Waals surface area contributed by atoms with Gasteiger partial charge in [0.1, 0.15) is 5.56 Å². The van der Waals surface area contributed by atoms with Gasteiger partial charge in [0.2, 0.25) is 0 Å². The van der Waals surface area contributed by atoms with Crippen molar-refractivity contribution in [3.63, 3.8) is 0 Å². The van der Waals surface area contributed by atoms with Gasteiger partial charge in [0.15, 0.2) is 0 Å². The molecule has 4 heteroatoms. The number of carbonyl (C=O) groups is 1. The molecular weight excluding hydrogens is 252 g/mol. The van der Waals surface area contributed by atoms with E-state index in [2.05, 4.69) is 4.98 Å². The first kappa shape index (κ1) is 13.4. The van der Waals surface area contributed by atoms with Gasteiger partial charge in [-0.05, 0) is 43.7 Å². The third kappa shape index (κ3) is 2.65. The molecule has 0 spiro atoms. The minimum Gasteiger partial charge on any atom is -0.338 e. The lowest BCUT2D eigenvalue weighted by Gasteiger charge is -2.22. The molecule has 1 saturated heterocycles. The van der Waals surface area contributed by atoms with Crippen LogP contribution in [0.15, 0.2) is 16.9 Å². The van der Waals surface area contributed by atoms with Crippen LogP contribution in [0, 0.1) is 0 Å². The zero-order valence-corrected chi connectivity index (χ0v) is 11.9. The number of aromatic nitrogens is 1. The van der Waals surface area contributed by atoms with Crippen LogP contribution >= 0.6 is 0 Å². The van der Waals surface area contributed by atoms with Gasteiger partial charge >= 0.3 is 0 Å². The van der Waals surface area contributed by atoms with E-state index in [0.717, 1.165) is 44.5 Å². The van der Waals surface area contributed by atoms with Crippen LogP contribution in [0.3, 0.4) is 0 Å². The number of pyridine rings is 1. The largest absolute Gasteiger partial charge is 0.338 e. The highest BCUT2D eigenvalue weighted by Gasteiger charge is 2.23. The van der Waals surface area contributed by atoms with E-state index in [4.69, 9.17) is 0 Å². The molecule has 1 aliphatic carbocycles. The average Bonchev–Trinajstić information content (AvgIpc) is 3.01. The summed E-state index contributed by atoms with van der Waals surface area (Å²) in [6, 6.07) is 3.67. The third-order valence-electron chi connectivity index (χ3n) is 4.60. The van der Waals surface area contributed by atoms with Gasteiger partial charge in [-0.2, -0.15) is 0 Å². The first-order chi connectivity index (χ1) is 9.75. The first-order valence-corrected chi connectivity index (χ1v) is 7.78. The zero-order chi connectivity index (χ0) is 13.9. The van der Waals surface area contributed by atoms with E-state index in [-0.39, 0.29) is 11.5 Å².